The molecule has 4 heterocycles. The van der Waals surface area contributed by atoms with Crippen molar-refractivity contribution >= 4 is 11.9 Å². The first-order valence-electron chi connectivity index (χ1n) is 8.87. The van der Waals surface area contributed by atoms with E-state index in [1.54, 1.807) is 12.4 Å². The summed E-state index contributed by atoms with van der Waals surface area (Å²) < 4.78 is 6.42. The Bertz CT molecular complexity index is 630. The summed E-state index contributed by atoms with van der Waals surface area (Å²) in [4.78, 5) is 23.2. The molecule has 3 fully saturated rings. The summed E-state index contributed by atoms with van der Waals surface area (Å²) >= 11 is 0. The second-order valence-corrected chi connectivity index (χ2v) is 8.42. The molecule has 6 nitrogen and oxygen atoms in total. The fourth-order valence-electron chi connectivity index (χ4n) is 4.55. The number of anilines is 1. The van der Waals surface area contributed by atoms with Gasteiger partial charge < -0.3 is 15.0 Å². The van der Waals surface area contributed by atoms with Crippen molar-refractivity contribution in [2.75, 3.05) is 24.5 Å². The van der Waals surface area contributed by atoms with Gasteiger partial charge in [-0.3, -0.25) is 4.79 Å². The Hall–Kier alpha value is -1.69. The average Bonchev–Trinajstić information content (AvgIpc) is 3.20. The predicted molar refractivity (Wildman–Crippen MR) is 90.5 cm³/mol. The molecule has 3 aliphatic rings. The number of carbonyl (C=O) groups is 1. The Labute approximate surface area is 143 Å². The second-order valence-electron chi connectivity index (χ2n) is 8.42. The van der Waals surface area contributed by atoms with Crippen LogP contribution in [0.3, 0.4) is 0 Å². The number of rotatable bonds is 3. The highest BCUT2D eigenvalue weighted by Crippen LogP contribution is 2.54. The van der Waals surface area contributed by atoms with Crippen LogP contribution in [-0.2, 0) is 9.53 Å². The van der Waals surface area contributed by atoms with E-state index in [2.05, 4.69) is 20.2 Å². The molecule has 6 heteroatoms. The third-order valence-corrected chi connectivity index (χ3v) is 5.80. The van der Waals surface area contributed by atoms with E-state index in [9.17, 15) is 4.79 Å². The van der Waals surface area contributed by atoms with Gasteiger partial charge in [0.2, 0.25) is 11.9 Å². The lowest BCUT2D eigenvalue weighted by molar-refractivity contribution is -0.128. The van der Waals surface area contributed by atoms with Gasteiger partial charge in [-0.1, -0.05) is 20.8 Å². The number of nitrogens with one attached hydrogen (secondary N) is 1. The van der Waals surface area contributed by atoms with Crippen LogP contribution in [0, 0.1) is 17.3 Å². The second kappa shape index (κ2) is 5.41. The van der Waals surface area contributed by atoms with Gasteiger partial charge in [-0.05, 0) is 18.9 Å². The van der Waals surface area contributed by atoms with E-state index in [4.69, 9.17) is 4.74 Å². The number of ether oxygens (including phenoxy) is 1. The minimum absolute atomic E-state index is 0.0685. The van der Waals surface area contributed by atoms with Gasteiger partial charge in [0.1, 0.15) is 0 Å². The van der Waals surface area contributed by atoms with Crippen molar-refractivity contribution < 1.29 is 9.53 Å². The van der Waals surface area contributed by atoms with Crippen LogP contribution in [0.2, 0.25) is 0 Å². The Kier molecular flexibility index (Phi) is 3.56. The molecule has 3 aliphatic heterocycles. The van der Waals surface area contributed by atoms with Crippen molar-refractivity contribution in [3.8, 4) is 0 Å². The number of carbonyl (C=O) groups excluding carboxylic acids is 1. The van der Waals surface area contributed by atoms with Gasteiger partial charge >= 0.3 is 0 Å². The minimum atomic E-state index is -0.351. The molecule has 0 radical (unpaired) electrons. The SMILES string of the molecule is CC(C)(C)C(=O)NC[C@H]1[C@H]2CN(c3ncccn3)C[C@]23CC[C@H]1O3. The van der Waals surface area contributed by atoms with Gasteiger partial charge in [0.25, 0.3) is 0 Å². The lowest BCUT2D eigenvalue weighted by Crippen LogP contribution is -2.44. The van der Waals surface area contributed by atoms with E-state index < -0.39 is 0 Å². The first-order valence-corrected chi connectivity index (χ1v) is 8.87. The topological polar surface area (TPSA) is 67.4 Å². The van der Waals surface area contributed by atoms with Crippen LogP contribution in [0.15, 0.2) is 18.5 Å². The largest absolute Gasteiger partial charge is 0.369 e. The van der Waals surface area contributed by atoms with Crippen LogP contribution in [0.4, 0.5) is 5.95 Å². The van der Waals surface area contributed by atoms with Crippen LogP contribution >= 0.6 is 0 Å². The highest BCUT2D eigenvalue weighted by atomic mass is 16.5. The normalized spacial score (nSPS) is 34.5. The summed E-state index contributed by atoms with van der Waals surface area (Å²) in [6, 6.07) is 1.84. The minimum Gasteiger partial charge on any atom is -0.369 e. The van der Waals surface area contributed by atoms with Crippen molar-refractivity contribution in [1.29, 1.82) is 0 Å². The van der Waals surface area contributed by atoms with Gasteiger partial charge in [0, 0.05) is 42.7 Å². The summed E-state index contributed by atoms with van der Waals surface area (Å²) in [7, 11) is 0. The zero-order valence-electron chi connectivity index (χ0n) is 14.7. The molecule has 4 atom stereocenters. The number of fused-ring (bicyclic) bond motifs is 1. The maximum atomic E-state index is 12.2. The molecule has 1 amide bonds. The molecule has 130 valence electrons. The average molecular weight is 330 g/mol. The molecule has 0 saturated carbocycles. The smallest absolute Gasteiger partial charge is 0.225 e. The van der Waals surface area contributed by atoms with Gasteiger partial charge in [0.05, 0.1) is 18.2 Å². The molecular formula is C18H26N4O2. The fraction of sp³-hybridized carbons (Fsp3) is 0.722. The fourth-order valence-corrected chi connectivity index (χ4v) is 4.55. The maximum absolute atomic E-state index is 12.2. The third-order valence-electron chi connectivity index (χ3n) is 5.80. The molecule has 1 aromatic rings. The number of hydrogen-bond acceptors (Lipinski definition) is 5. The van der Waals surface area contributed by atoms with Gasteiger partial charge in [-0.25, -0.2) is 9.97 Å². The van der Waals surface area contributed by atoms with Crippen molar-refractivity contribution in [3.63, 3.8) is 0 Å². The van der Waals surface area contributed by atoms with Crippen molar-refractivity contribution in [3.05, 3.63) is 18.5 Å². The molecule has 1 aromatic heterocycles. The number of nitrogens with zero attached hydrogens (tertiary/aromatic N) is 3. The standard InChI is InChI=1S/C18H26N4O2/c1-17(2,3)15(23)21-9-12-13-10-22(16-19-7-4-8-20-16)11-18(13)6-5-14(12)24-18/h4,7-8,12-14H,5-6,9-11H2,1-3H3,(H,21,23)/t12-,13+,14+,18+/m0/s1. The zero-order chi connectivity index (χ0) is 16.9. The molecule has 0 aromatic carbocycles. The van der Waals surface area contributed by atoms with E-state index in [-0.39, 0.29) is 23.0 Å². The highest BCUT2D eigenvalue weighted by molar-refractivity contribution is 5.81. The highest BCUT2D eigenvalue weighted by Gasteiger charge is 2.63. The molecule has 0 unspecified atom stereocenters. The number of hydrogen-bond donors (Lipinski definition) is 1. The Morgan fingerprint density at radius 3 is 2.88 bits per heavy atom. The molecule has 1 spiro atoms. The van der Waals surface area contributed by atoms with Crippen molar-refractivity contribution in [1.82, 2.24) is 15.3 Å². The lowest BCUT2D eigenvalue weighted by atomic mass is 9.73. The van der Waals surface area contributed by atoms with E-state index in [0.717, 1.165) is 31.9 Å². The molecule has 2 bridgehead atoms. The first-order chi connectivity index (χ1) is 11.4. The monoisotopic (exact) mass is 330 g/mol. The molecular weight excluding hydrogens is 304 g/mol. The number of amides is 1. The van der Waals surface area contributed by atoms with Gasteiger partial charge in [-0.2, -0.15) is 0 Å². The molecule has 1 N–H and O–H groups in total. The third kappa shape index (κ3) is 2.48. The van der Waals surface area contributed by atoms with Gasteiger partial charge in [-0.15, -0.1) is 0 Å². The maximum Gasteiger partial charge on any atom is 0.225 e. The van der Waals surface area contributed by atoms with E-state index >= 15 is 0 Å². The Balaban J connectivity index is 1.48. The molecule has 4 rings (SSSR count). The quantitative estimate of drug-likeness (QED) is 0.912. The summed E-state index contributed by atoms with van der Waals surface area (Å²) in [5, 5.41) is 3.14. The zero-order valence-corrected chi connectivity index (χ0v) is 14.7. The van der Waals surface area contributed by atoms with Crippen LogP contribution in [-0.4, -0.2) is 47.2 Å². The predicted octanol–water partition coefficient (Wildman–Crippen LogP) is 1.62. The van der Waals surface area contributed by atoms with E-state index in [1.807, 2.05) is 26.8 Å². The van der Waals surface area contributed by atoms with E-state index in [1.165, 1.54) is 0 Å². The summed E-state index contributed by atoms with van der Waals surface area (Å²) in [5.74, 6) is 1.73. The molecule has 24 heavy (non-hydrogen) atoms. The Morgan fingerprint density at radius 2 is 2.17 bits per heavy atom. The van der Waals surface area contributed by atoms with Crippen LogP contribution in [0.5, 0.6) is 0 Å². The molecule has 3 saturated heterocycles. The Morgan fingerprint density at radius 1 is 1.42 bits per heavy atom. The van der Waals surface area contributed by atoms with E-state index in [0.29, 0.717) is 18.4 Å². The van der Waals surface area contributed by atoms with Crippen molar-refractivity contribution in [2.24, 2.45) is 17.3 Å². The van der Waals surface area contributed by atoms with Crippen LogP contribution in [0.25, 0.3) is 0 Å². The number of aromatic nitrogens is 2. The first kappa shape index (κ1) is 15.8. The van der Waals surface area contributed by atoms with Crippen molar-refractivity contribution in [2.45, 2.75) is 45.3 Å². The van der Waals surface area contributed by atoms with Gasteiger partial charge in [0.15, 0.2) is 0 Å². The summed E-state index contributed by atoms with van der Waals surface area (Å²) in [5.41, 5.74) is -0.420. The van der Waals surface area contributed by atoms with Crippen LogP contribution < -0.4 is 10.2 Å². The lowest BCUT2D eigenvalue weighted by Gasteiger charge is -2.30. The summed E-state index contributed by atoms with van der Waals surface area (Å²) in [6.45, 7) is 8.33. The summed E-state index contributed by atoms with van der Waals surface area (Å²) in [6.07, 6.45) is 6.06. The van der Waals surface area contributed by atoms with Crippen LogP contribution in [0.1, 0.15) is 33.6 Å². The molecule has 0 aliphatic carbocycles.